The Morgan fingerprint density at radius 3 is 1.38 bits per heavy atom. The van der Waals surface area contributed by atoms with E-state index in [0.717, 1.165) is 33.4 Å². The first-order valence-electron chi connectivity index (χ1n) is 17.2. The van der Waals surface area contributed by atoms with E-state index in [4.69, 9.17) is 28.4 Å². The van der Waals surface area contributed by atoms with E-state index in [-0.39, 0.29) is 30.9 Å². The number of rotatable bonds is 11. The van der Waals surface area contributed by atoms with Crippen molar-refractivity contribution in [3.63, 3.8) is 0 Å². The van der Waals surface area contributed by atoms with Crippen molar-refractivity contribution in [1.29, 1.82) is 0 Å². The molecule has 0 unspecified atom stereocenters. The standard InChI is InChI=1S/C42H44O10/c1-26(2)47-39(45)50-29-14-8-27(9-15-29)12-22-37(43)48-31-18-20-33-34-21-19-32(25-36(34)42(6,7)35(33)24-31)49-38(44)23-13-28-10-16-30(17-11-28)51-40(46)52-41(3,4)5/h8-11,14-21,24-26H,12-13,22-23H2,1-7H3. The zero-order valence-corrected chi connectivity index (χ0v) is 30.6. The Labute approximate surface area is 303 Å². The smallest absolute Gasteiger partial charge is 0.431 e. The summed E-state index contributed by atoms with van der Waals surface area (Å²) in [7, 11) is 0. The van der Waals surface area contributed by atoms with Gasteiger partial charge in [-0.05, 0) is 129 Å². The molecule has 1 aliphatic rings. The number of esters is 2. The molecule has 10 heteroatoms. The van der Waals surface area contributed by atoms with Crippen molar-refractivity contribution < 1.29 is 47.6 Å². The normalized spacial score (nSPS) is 12.7. The fourth-order valence-electron chi connectivity index (χ4n) is 5.81. The number of fused-ring (bicyclic) bond motifs is 3. The van der Waals surface area contributed by atoms with E-state index in [9.17, 15) is 19.2 Å². The van der Waals surface area contributed by atoms with Crippen molar-refractivity contribution in [2.45, 2.75) is 91.3 Å². The number of benzene rings is 4. The molecule has 0 aliphatic heterocycles. The lowest BCUT2D eigenvalue weighted by molar-refractivity contribution is -0.135. The third kappa shape index (κ3) is 9.99. The lowest BCUT2D eigenvalue weighted by Crippen LogP contribution is -2.25. The summed E-state index contributed by atoms with van der Waals surface area (Å²) < 4.78 is 32.0. The van der Waals surface area contributed by atoms with Crippen molar-refractivity contribution in [3.05, 3.63) is 107 Å². The zero-order valence-electron chi connectivity index (χ0n) is 30.6. The van der Waals surface area contributed by atoms with Crippen LogP contribution < -0.4 is 18.9 Å². The van der Waals surface area contributed by atoms with Crippen LogP contribution in [-0.4, -0.2) is 36.0 Å². The minimum absolute atomic E-state index is 0.163. The van der Waals surface area contributed by atoms with E-state index >= 15 is 0 Å². The van der Waals surface area contributed by atoms with Gasteiger partial charge in [0.2, 0.25) is 0 Å². The Morgan fingerprint density at radius 1 is 0.577 bits per heavy atom. The van der Waals surface area contributed by atoms with Crippen LogP contribution in [0.25, 0.3) is 11.1 Å². The monoisotopic (exact) mass is 708 g/mol. The number of ether oxygens (including phenoxy) is 6. The van der Waals surface area contributed by atoms with E-state index in [2.05, 4.69) is 13.8 Å². The van der Waals surface area contributed by atoms with Crippen LogP contribution in [0.3, 0.4) is 0 Å². The molecule has 10 nitrogen and oxygen atoms in total. The molecule has 4 aromatic carbocycles. The first-order chi connectivity index (χ1) is 24.6. The highest BCUT2D eigenvalue weighted by Crippen LogP contribution is 2.50. The summed E-state index contributed by atoms with van der Waals surface area (Å²) in [6.07, 6.45) is -0.587. The highest BCUT2D eigenvalue weighted by atomic mass is 16.7. The molecule has 0 saturated carbocycles. The van der Waals surface area contributed by atoms with Crippen molar-refractivity contribution in [2.24, 2.45) is 0 Å². The SMILES string of the molecule is CC(C)OC(=O)Oc1ccc(CCC(=O)Oc2ccc3c(c2)C(C)(C)c2cc(OC(=O)CCc4ccc(OC(=O)OC(C)(C)C)cc4)ccc2-3)cc1. The molecule has 0 heterocycles. The second-order valence-electron chi connectivity index (χ2n) is 14.4. The van der Waals surface area contributed by atoms with Crippen LogP contribution >= 0.6 is 0 Å². The van der Waals surface area contributed by atoms with Gasteiger partial charge in [0.1, 0.15) is 28.6 Å². The molecule has 0 saturated heterocycles. The highest BCUT2D eigenvalue weighted by Gasteiger charge is 2.36. The Morgan fingerprint density at radius 2 is 0.981 bits per heavy atom. The predicted molar refractivity (Wildman–Crippen MR) is 194 cm³/mol. The molecule has 0 spiro atoms. The first kappa shape index (κ1) is 37.6. The molecule has 0 amide bonds. The van der Waals surface area contributed by atoms with Crippen molar-refractivity contribution in [3.8, 4) is 34.1 Å². The molecule has 5 rings (SSSR count). The predicted octanol–water partition coefficient (Wildman–Crippen LogP) is 9.31. The van der Waals surface area contributed by atoms with Gasteiger partial charge in [-0.15, -0.1) is 0 Å². The van der Waals surface area contributed by atoms with Crippen LogP contribution in [-0.2, 0) is 37.3 Å². The van der Waals surface area contributed by atoms with Gasteiger partial charge in [0.25, 0.3) is 0 Å². The molecule has 4 aromatic rings. The summed E-state index contributed by atoms with van der Waals surface area (Å²) in [5.41, 5.74) is 4.74. The Balaban J connectivity index is 1.13. The second-order valence-corrected chi connectivity index (χ2v) is 14.4. The molecule has 1 aliphatic carbocycles. The quantitative estimate of drug-likeness (QED) is 0.0846. The minimum atomic E-state index is -0.778. The van der Waals surface area contributed by atoms with Crippen LogP contribution in [0.15, 0.2) is 84.9 Å². The topological polar surface area (TPSA) is 124 Å². The van der Waals surface area contributed by atoms with Crippen LogP contribution in [0.1, 0.15) is 83.6 Å². The number of carbonyl (C=O) groups is 4. The number of aryl methyl sites for hydroxylation is 2. The van der Waals surface area contributed by atoms with Crippen LogP contribution in [0.5, 0.6) is 23.0 Å². The Bertz CT molecular complexity index is 1930. The third-order valence-electron chi connectivity index (χ3n) is 8.29. The third-order valence-corrected chi connectivity index (χ3v) is 8.29. The van der Waals surface area contributed by atoms with Crippen molar-refractivity contribution in [2.75, 3.05) is 0 Å². The fraction of sp³-hybridized carbons (Fsp3) is 0.333. The summed E-state index contributed by atoms with van der Waals surface area (Å²) >= 11 is 0. The molecule has 52 heavy (non-hydrogen) atoms. The van der Waals surface area contributed by atoms with Gasteiger partial charge in [-0.25, -0.2) is 9.59 Å². The van der Waals surface area contributed by atoms with Crippen LogP contribution in [0.4, 0.5) is 9.59 Å². The van der Waals surface area contributed by atoms with E-state index in [0.29, 0.717) is 35.8 Å². The van der Waals surface area contributed by atoms with Gasteiger partial charge in [-0.2, -0.15) is 0 Å². The van der Waals surface area contributed by atoms with Crippen LogP contribution in [0.2, 0.25) is 0 Å². The molecule has 0 fully saturated rings. The molecular formula is C42H44O10. The van der Waals surface area contributed by atoms with Crippen molar-refractivity contribution >= 4 is 24.2 Å². The van der Waals surface area contributed by atoms with Gasteiger partial charge in [-0.3, -0.25) is 9.59 Å². The summed E-state index contributed by atoms with van der Waals surface area (Å²) in [5, 5.41) is 0. The first-order valence-corrected chi connectivity index (χ1v) is 17.2. The molecule has 272 valence electrons. The summed E-state index contributed by atoms with van der Waals surface area (Å²) in [4.78, 5) is 49.2. The summed E-state index contributed by atoms with van der Waals surface area (Å²) in [5.74, 6) is 0.879. The largest absolute Gasteiger partial charge is 0.514 e. The van der Waals surface area contributed by atoms with Crippen LogP contribution in [0, 0.1) is 0 Å². The maximum atomic E-state index is 12.8. The van der Waals surface area contributed by atoms with E-state index in [1.54, 1.807) is 95.3 Å². The Kier molecular flexibility index (Phi) is 11.4. The second kappa shape index (κ2) is 15.7. The van der Waals surface area contributed by atoms with Gasteiger partial charge < -0.3 is 28.4 Å². The van der Waals surface area contributed by atoms with E-state index in [1.165, 1.54) is 0 Å². The van der Waals surface area contributed by atoms with Gasteiger partial charge in [0.15, 0.2) is 0 Å². The zero-order chi connectivity index (χ0) is 37.6. The fourth-order valence-corrected chi connectivity index (χ4v) is 5.81. The maximum Gasteiger partial charge on any atom is 0.514 e. The molecule has 0 N–H and O–H groups in total. The summed E-state index contributed by atoms with van der Waals surface area (Å²) in [6.45, 7) is 12.9. The molecule has 0 bridgehead atoms. The average molecular weight is 709 g/mol. The number of hydrogen-bond donors (Lipinski definition) is 0. The van der Waals surface area contributed by atoms with Gasteiger partial charge >= 0.3 is 24.2 Å². The molecule has 0 atom stereocenters. The number of carbonyl (C=O) groups excluding carboxylic acids is 4. The molecular weight excluding hydrogens is 664 g/mol. The average Bonchev–Trinajstić information content (AvgIpc) is 3.28. The van der Waals surface area contributed by atoms with E-state index < -0.39 is 23.3 Å². The minimum Gasteiger partial charge on any atom is -0.431 e. The lowest BCUT2D eigenvalue weighted by atomic mass is 9.82. The molecule has 0 aromatic heterocycles. The summed E-state index contributed by atoms with van der Waals surface area (Å²) in [6, 6.07) is 25.0. The van der Waals surface area contributed by atoms with E-state index in [1.807, 2.05) is 24.3 Å². The van der Waals surface area contributed by atoms with Gasteiger partial charge in [0, 0.05) is 18.3 Å². The molecule has 0 radical (unpaired) electrons. The highest BCUT2D eigenvalue weighted by molar-refractivity contribution is 5.83. The maximum absolute atomic E-state index is 12.8. The lowest BCUT2D eigenvalue weighted by Gasteiger charge is -2.22. The van der Waals surface area contributed by atoms with Crippen molar-refractivity contribution in [1.82, 2.24) is 0 Å². The van der Waals surface area contributed by atoms with Gasteiger partial charge in [0.05, 0.1) is 6.10 Å². The Hall–Kier alpha value is -5.64. The number of hydrogen-bond acceptors (Lipinski definition) is 10. The van der Waals surface area contributed by atoms with Gasteiger partial charge in [-0.1, -0.05) is 50.2 Å².